The summed E-state index contributed by atoms with van der Waals surface area (Å²) >= 11 is 5.28. The van der Waals surface area contributed by atoms with Crippen LogP contribution in [0.2, 0.25) is 0 Å². The first-order chi connectivity index (χ1) is 11.4. The minimum atomic E-state index is -2.82. The summed E-state index contributed by atoms with van der Waals surface area (Å²) < 4.78 is 28.5. The summed E-state index contributed by atoms with van der Waals surface area (Å²) in [7, 11) is 0. The molecule has 0 unspecified atom stereocenters. The summed E-state index contributed by atoms with van der Waals surface area (Å²) in [6, 6.07) is 6.52. The van der Waals surface area contributed by atoms with Gasteiger partial charge in [-0.1, -0.05) is 13.8 Å². The molecule has 1 atom stereocenters. The lowest BCUT2D eigenvalue weighted by Crippen LogP contribution is -2.36. The summed E-state index contributed by atoms with van der Waals surface area (Å²) in [5.41, 5.74) is 0.726. The monoisotopic (exact) mass is 359 g/mol. The van der Waals surface area contributed by atoms with Gasteiger partial charge in [-0.05, 0) is 75.9 Å². The Bertz CT molecular complexity index is 481. The van der Waals surface area contributed by atoms with Crippen molar-refractivity contribution in [3.63, 3.8) is 0 Å². The van der Waals surface area contributed by atoms with Crippen LogP contribution >= 0.6 is 12.2 Å². The van der Waals surface area contributed by atoms with Gasteiger partial charge in [0.2, 0.25) is 0 Å². The molecule has 0 aliphatic carbocycles. The van der Waals surface area contributed by atoms with Crippen molar-refractivity contribution in [3.05, 3.63) is 24.3 Å². The summed E-state index contributed by atoms with van der Waals surface area (Å²) in [5.74, 6) is 0.124. The van der Waals surface area contributed by atoms with Gasteiger partial charge in [-0.15, -0.1) is 0 Å². The van der Waals surface area contributed by atoms with Gasteiger partial charge in [0.1, 0.15) is 5.75 Å². The third-order valence-electron chi connectivity index (χ3n) is 3.72. The minimum absolute atomic E-state index is 0.124. The van der Waals surface area contributed by atoms with Crippen LogP contribution in [-0.2, 0) is 0 Å². The highest BCUT2D eigenvalue weighted by molar-refractivity contribution is 7.80. The van der Waals surface area contributed by atoms with Crippen LogP contribution in [0.5, 0.6) is 5.75 Å². The Morgan fingerprint density at radius 2 is 1.83 bits per heavy atom. The van der Waals surface area contributed by atoms with E-state index < -0.39 is 6.61 Å². The van der Waals surface area contributed by atoms with Crippen molar-refractivity contribution >= 4 is 23.0 Å². The molecule has 136 valence electrons. The number of hydrogen-bond acceptors (Lipinski definition) is 3. The quantitative estimate of drug-likeness (QED) is 0.616. The highest BCUT2D eigenvalue weighted by Gasteiger charge is 2.07. The zero-order valence-corrected chi connectivity index (χ0v) is 15.3. The first-order valence-corrected chi connectivity index (χ1v) is 8.70. The third kappa shape index (κ3) is 8.40. The number of nitrogens with zero attached hydrogens (tertiary/aromatic N) is 1. The van der Waals surface area contributed by atoms with Gasteiger partial charge in [0, 0.05) is 11.7 Å². The molecule has 2 N–H and O–H groups in total. The molecule has 0 spiro atoms. The van der Waals surface area contributed by atoms with Crippen LogP contribution in [-0.4, -0.2) is 42.3 Å². The Morgan fingerprint density at radius 1 is 1.21 bits per heavy atom. The Kier molecular flexibility index (Phi) is 9.56. The molecule has 7 heteroatoms. The molecule has 0 fully saturated rings. The third-order valence-corrected chi connectivity index (χ3v) is 3.94. The van der Waals surface area contributed by atoms with Crippen molar-refractivity contribution in [2.75, 3.05) is 25.0 Å². The van der Waals surface area contributed by atoms with Gasteiger partial charge in [0.25, 0.3) is 0 Å². The van der Waals surface area contributed by atoms with Gasteiger partial charge in [-0.25, -0.2) is 0 Å². The molecule has 0 saturated carbocycles. The van der Waals surface area contributed by atoms with Crippen molar-refractivity contribution in [1.82, 2.24) is 10.2 Å². The fourth-order valence-electron chi connectivity index (χ4n) is 2.34. The number of benzene rings is 1. The lowest BCUT2D eigenvalue weighted by Gasteiger charge is -2.20. The average Bonchev–Trinajstić information content (AvgIpc) is 2.53. The van der Waals surface area contributed by atoms with Crippen LogP contribution < -0.4 is 15.4 Å². The zero-order chi connectivity index (χ0) is 17.9. The smallest absolute Gasteiger partial charge is 0.387 e. The molecule has 1 rings (SSSR count). The molecule has 0 saturated heterocycles. The van der Waals surface area contributed by atoms with Crippen LogP contribution in [0, 0.1) is 0 Å². The first kappa shape index (κ1) is 20.6. The van der Waals surface area contributed by atoms with Crippen LogP contribution in [0.25, 0.3) is 0 Å². The Morgan fingerprint density at radius 3 is 2.38 bits per heavy atom. The maximum Gasteiger partial charge on any atom is 0.387 e. The second-order valence-electron chi connectivity index (χ2n) is 5.57. The van der Waals surface area contributed by atoms with Crippen LogP contribution in [0.3, 0.4) is 0 Å². The molecule has 0 heterocycles. The van der Waals surface area contributed by atoms with E-state index in [0.29, 0.717) is 5.11 Å². The van der Waals surface area contributed by atoms with E-state index in [1.807, 2.05) is 0 Å². The highest BCUT2D eigenvalue weighted by Crippen LogP contribution is 2.17. The molecular formula is C17H27F2N3OS. The lowest BCUT2D eigenvalue weighted by atomic mass is 10.2. The van der Waals surface area contributed by atoms with Gasteiger partial charge in [-0.3, -0.25) is 0 Å². The van der Waals surface area contributed by atoms with E-state index in [-0.39, 0.29) is 11.8 Å². The fourth-order valence-corrected chi connectivity index (χ4v) is 2.66. The standard InChI is InChI=1S/C17H27F2N3OS/c1-4-22(5-2)12-6-7-13(3)20-17(24)21-14-8-10-15(11-9-14)23-16(18)19/h8-11,13,16H,4-7,12H2,1-3H3,(H2,20,21,24)/t13-/m0/s1. The van der Waals surface area contributed by atoms with E-state index in [1.54, 1.807) is 12.1 Å². The van der Waals surface area contributed by atoms with E-state index >= 15 is 0 Å². The number of ether oxygens (including phenoxy) is 1. The summed E-state index contributed by atoms with van der Waals surface area (Å²) in [6.07, 6.45) is 2.14. The van der Waals surface area contributed by atoms with E-state index in [2.05, 4.69) is 41.0 Å². The SMILES string of the molecule is CCN(CC)CCC[C@H](C)NC(=S)Nc1ccc(OC(F)F)cc1. The van der Waals surface area contributed by atoms with Gasteiger partial charge in [0.05, 0.1) is 0 Å². The zero-order valence-electron chi connectivity index (χ0n) is 14.5. The molecule has 0 aliphatic heterocycles. The second-order valence-corrected chi connectivity index (χ2v) is 5.98. The number of hydrogen-bond donors (Lipinski definition) is 2. The molecule has 0 radical (unpaired) electrons. The molecular weight excluding hydrogens is 332 g/mol. The molecule has 24 heavy (non-hydrogen) atoms. The molecule has 0 amide bonds. The average molecular weight is 359 g/mol. The molecule has 4 nitrogen and oxygen atoms in total. The number of alkyl halides is 2. The topological polar surface area (TPSA) is 36.5 Å². The first-order valence-electron chi connectivity index (χ1n) is 8.29. The van der Waals surface area contributed by atoms with E-state index in [1.165, 1.54) is 12.1 Å². The predicted octanol–water partition coefficient (Wildman–Crippen LogP) is 4.08. The molecule has 0 bridgehead atoms. The van der Waals surface area contributed by atoms with Crippen LogP contribution in [0.1, 0.15) is 33.6 Å². The lowest BCUT2D eigenvalue weighted by molar-refractivity contribution is -0.0498. The fraction of sp³-hybridized carbons (Fsp3) is 0.588. The largest absolute Gasteiger partial charge is 0.435 e. The Labute approximate surface area is 148 Å². The molecule has 1 aromatic carbocycles. The number of thiocarbonyl (C=S) groups is 1. The highest BCUT2D eigenvalue weighted by atomic mass is 32.1. The van der Waals surface area contributed by atoms with Gasteiger partial charge in [0.15, 0.2) is 5.11 Å². The predicted molar refractivity (Wildman–Crippen MR) is 98.9 cm³/mol. The van der Waals surface area contributed by atoms with Gasteiger partial charge >= 0.3 is 6.61 Å². The number of rotatable bonds is 10. The minimum Gasteiger partial charge on any atom is -0.435 e. The maximum atomic E-state index is 12.1. The summed E-state index contributed by atoms with van der Waals surface area (Å²) in [4.78, 5) is 2.40. The van der Waals surface area contributed by atoms with Gasteiger partial charge < -0.3 is 20.3 Å². The van der Waals surface area contributed by atoms with Crippen molar-refractivity contribution in [3.8, 4) is 5.75 Å². The van der Waals surface area contributed by atoms with Crippen molar-refractivity contribution < 1.29 is 13.5 Å². The van der Waals surface area contributed by atoms with Crippen LogP contribution in [0.4, 0.5) is 14.5 Å². The van der Waals surface area contributed by atoms with E-state index in [0.717, 1.165) is 38.2 Å². The number of anilines is 1. The van der Waals surface area contributed by atoms with Crippen molar-refractivity contribution in [1.29, 1.82) is 0 Å². The number of halogens is 2. The van der Waals surface area contributed by atoms with E-state index in [9.17, 15) is 8.78 Å². The van der Waals surface area contributed by atoms with Gasteiger partial charge in [-0.2, -0.15) is 8.78 Å². The Balaban J connectivity index is 2.32. The van der Waals surface area contributed by atoms with E-state index in [4.69, 9.17) is 12.2 Å². The second kappa shape index (κ2) is 11.1. The van der Waals surface area contributed by atoms with Crippen LogP contribution in [0.15, 0.2) is 24.3 Å². The molecule has 1 aromatic rings. The van der Waals surface area contributed by atoms with Crippen molar-refractivity contribution in [2.45, 2.75) is 46.3 Å². The Hall–Kier alpha value is -1.47. The maximum absolute atomic E-state index is 12.1. The molecule has 0 aliphatic rings. The van der Waals surface area contributed by atoms with Crippen molar-refractivity contribution in [2.24, 2.45) is 0 Å². The normalized spacial score (nSPS) is 12.3. The summed E-state index contributed by atoms with van der Waals surface area (Å²) in [5, 5.41) is 6.80. The molecule has 0 aromatic heterocycles. The summed E-state index contributed by atoms with van der Waals surface area (Å²) in [6.45, 7) is 6.85. The number of nitrogens with one attached hydrogen (secondary N) is 2.